The number of amides is 5. The summed E-state index contributed by atoms with van der Waals surface area (Å²) >= 11 is 0. The predicted octanol–water partition coefficient (Wildman–Crippen LogP) is 6.91. The summed E-state index contributed by atoms with van der Waals surface area (Å²) in [5.41, 5.74) is 7.55. The summed E-state index contributed by atoms with van der Waals surface area (Å²) in [7, 11) is -7.08. The Hall–Kier alpha value is -12.0. The quantitative estimate of drug-likeness (QED) is 0.00712. The van der Waals surface area contributed by atoms with Crippen LogP contribution in [-0.4, -0.2) is 367 Å². The lowest BCUT2D eigenvalue weighted by Gasteiger charge is -2.41. The maximum absolute atomic E-state index is 14.7. The average Bonchev–Trinajstić information content (AvgIpc) is 0.743. The summed E-state index contributed by atoms with van der Waals surface area (Å²) in [6.07, 6.45) is 3.38. The van der Waals surface area contributed by atoms with Crippen molar-refractivity contribution < 1.29 is 157 Å². The molecule has 0 aliphatic carbocycles. The van der Waals surface area contributed by atoms with Crippen LogP contribution in [-0.2, 0) is 120 Å². The van der Waals surface area contributed by atoms with E-state index in [2.05, 4.69) is 36.5 Å². The Labute approximate surface area is 858 Å². The summed E-state index contributed by atoms with van der Waals surface area (Å²) in [4.78, 5) is 216. The van der Waals surface area contributed by atoms with Gasteiger partial charge in [0.1, 0.15) is 57.4 Å². The molecule has 10 N–H and O–H groups in total. The van der Waals surface area contributed by atoms with Crippen molar-refractivity contribution in [3.63, 3.8) is 0 Å². The number of likely N-dealkylation sites (N-methyl/N-ethyl adjacent to an activating group) is 1. The molecule has 4 aromatic rings. The van der Waals surface area contributed by atoms with Crippen molar-refractivity contribution in [3.05, 3.63) is 109 Å². The second-order valence-electron chi connectivity index (χ2n) is 40.2. The van der Waals surface area contributed by atoms with Crippen molar-refractivity contribution in [1.82, 2.24) is 55.5 Å². The van der Waals surface area contributed by atoms with Gasteiger partial charge in [-0.3, -0.25) is 82.3 Å². The van der Waals surface area contributed by atoms with Crippen molar-refractivity contribution in [1.29, 1.82) is 0 Å². The van der Waals surface area contributed by atoms with Crippen LogP contribution in [0, 0.1) is 5.41 Å². The number of likely N-dealkylation sites (tertiary alicyclic amines) is 2. The second-order valence-corrected chi connectivity index (χ2v) is 44.7. The van der Waals surface area contributed by atoms with Gasteiger partial charge in [0.15, 0.2) is 35.5 Å². The smallest absolute Gasteiger partial charge is 0.408 e. The van der Waals surface area contributed by atoms with Gasteiger partial charge < -0.3 is 79.5 Å². The molecule has 4 aromatic carbocycles. The molecule has 147 heavy (non-hydrogen) atoms. The molecule has 0 radical (unpaired) electrons. The van der Waals surface area contributed by atoms with Crippen molar-refractivity contribution in [2.45, 2.75) is 247 Å². The van der Waals surface area contributed by atoms with Gasteiger partial charge in [-0.1, -0.05) is 82.9 Å². The minimum absolute atomic E-state index is 0.0978. The van der Waals surface area contributed by atoms with E-state index in [1.54, 1.807) is 133 Å². The van der Waals surface area contributed by atoms with Gasteiger partial charge in [0.2, 0.25) is 11.8 Å². The number of nitrogens with zero attached hydrogens (tertiary/aromatic N) is 8. The highest BCUT2D eigenvalue weighted by Gasteiger charge is 2.56. The molecule has 7 rings (SSSR count). The number of nitrogens with two attached hydrogens (primary N) is 1. The number of carbonyl (C=O) groups is 13. The number of alkyl carbamates (subject to hydrolysis) is 1. The largest absolute Gasteiger partial charge is 0.480 e. The number of carboxylic acid groups (broad SMARTS) is 4. The predicted molar refractivity (Wildman–Crippen MR) is 529 cm³/mol. The van der Waals surface area contributed by atoms with E-state index < -0.39 is 143 Å². The number of aliphatic carboxylic acids is 4. The number of hydroxylamine groups is 2. The Balaban J connectivity index is 0.000000614. The van der Waals surface area contributed by atoms with E-state index in [9.17, 15) is 94.6 Å². The molecule has 45 nitrogen and oxygen atoms in total. The zero-order chi connectivity index (χ0) is 110. The Morgan fingerprint density at radius 2 is 0.810 bits per heavy atom. The highest BCUT2D eigenvalue weighted by atomic mass is 32.2. The summed E-state index contributed by atoms with van der Waals surface area (Å²) in [5.74, 6) is -6.93. The van der Waals surface area contributed by atoms with E-state index in [4.69, 9.17) is 68.4 Å². The van der Waals surface area contributed by atoms with Crippen molar-refractivity contribution in [2.24, 2.45) is 11.1 Å². The van der Waals surface area contributed by atoms with Gasteiger partial charge in [0, 0.05) is 111 Å². The van der Waals surface area contributed by atoms with Crippen molar-refractivity contribution in [3.8, 4) is 23.0 Å². The molecule has 818 valence electrons. The third-order valence-corrected chi connectivity index (χ3v) is 28.2. The normalized spacial score (nSPS) is 15.2. The number of hydrogen-bond acceptors (Lipinski definition) is 36. The first kappa shape index (κ1) is 127. The second kappa shape index (κ2) is 62.4. The number of esters is 2. The van der Waals surface area contributed by atoms with Gasteiger partial charge in [0.25, 0.3) is 11.8 Å². The topological polar surface area (TPSA) is 612 Å². The Morgan fingerprint density at radius 3 is 1.18 bits per heavy atom. The molecular weight excluding hydrogens is 1960 g/mol. The fraction of sp³-hybridized carbons (Fsp3) is 0.610. The molecule has 47 heteroatoms. The van der Waals surface area contributed by atoms with Gasteiger partial charge >= 0.3 is 54.2 Å². The number of rotatable bonds is 56. The number of hydrogen-bond donors (Lipinski definition) is 9. The zero-order valence-corrected chi connectivity index (χ0v) is 88.0. The Kier molecular flexibility index (Phi) is 54.0. The first-order chi connectivity index (χ1) is 68.9. The number of unbranched alkanes of at least 4 members (excludes halogenated alkanes) is 4. The number of nitrogens with one attached hydrogen (secondary N) is 3. The molecule has 0 bridgehead atoms. The van der Waals surface area contributed by atoms with E-state index in [-0.39, 0.29) is 176 Å². The lowest BCUT2D eigenvalue weighted by atomic mass is 9.94. The molecule has 3 fully saturated rings. The van der Waals surface area contributed by atoms with E-state index >= 15 is 0 Å². The number of ketones is 2. The fourth-order valence-corrected chi connectivity index (χ4v) is 20.1. The van der Waals surface area contributed by atoms with Gasteiger partial charge in [-0.05, 0) is 212 Å². The van der Waals surface area contributed by atoms with Crippen LogP contribution in [0.3, 0.4) is 0 Å². The van der Waals surface area contributed by atoms with Crippen LogP contribution in [0.1, 0.15) is 192 Å². The average molecular weight is 2110 g/mol. The van der Waals surface area contributed by atoms with Crippen LogP contribution in [0.2, 0.25) is 0 Å². The Bertz CT molecular complexity index is 5120. The van der Waals surface area contributed by atoms with Crippen LogP contribution in [0.4, 0.5) is 4.79 Å². The third kappa shape index (κ3) is 47.8. The maximum atomic E-state index is 14.7. The van der Waals surface area contributed by atoms with Crippen LogP contribution in [0.15, 0.2) is 119 Å². The number of para-hydroxylation sites is 2. The molecule has 3 aliphatic heterocycles. The molecule has 0 aromatic heterocycles. The molecule has 3 heterocycles. The van der Waals surface area contributed by atoms with Crippen LogP contribution >= 0.6 is 0 Å². The number of carboxylic acids is 4. The molecule has 0 saturated carbocycles. The molecule has 3 atom stereocenters. The molecule has 0 spiro atoms. The summed E-state index contributed by atoms with van der Waals surface area (Å²) in [6, 6.07) is 27.2. The summed E-state index contributed by atoms with van der Waals surface area (Å²) in [5, 5.41) is 49.5. The third-order valence-electron chi connectivity index (χ3n) is 23.1. The van der Waals surface area contributed by atoms with Crippen LogP contribution in [0.25, 0.3) is 0 Å². The van der Waals surface area contributed by atoms with E-state index in [1.165, 1.54) is 73.6 Å². The van der Waals surface area contributed by atoms with Gasteiger partial charge in [-0.2, -0.15) is 19.2 Å². The number of ether oxygens (including phenoxy) is 6. The molecular formula is C100H148N12O33S2. The monoisotopic (exact) mass is 2110 g/mol. The molecule has 5 amide bonds. The van der Waals surface area contributed by atoms with Crippen molar-refractivity contribution >= 4 is 109 Å². The van der Waals surface area contributed by atoms with Crippen LogP contribution < -0.4 is 31.5 Å². The number of piperidine rings is 2. The standard InChI is InChI=1S/C60H94N6O16S.C38H54N6O13S.2CO2/c1-56(2,3)43-63(35-37-65(41-50(70)79-57(4,5)6)42-51(71)80-58(7,8)9)34-36-64(40-49(68)69)39-44(67)21-15-13-18-24-48(61-55(74)81-59(10,11)12)53(72)66-32-30-60(31-33-66,54(73)62-82-52-25-19-20-38-77-52)83(75,76)47-28-26-46(27-29-47)78-45-22-16-14-17-23-45;1-41(21-23-43(26-34(48)49)27-35(50)51)20-22-42(25-33(46)47)24-28(45)8-4-2-7-11-32(39)36(52)44-18-16-38(17-19-44,37(53)40-54)58(55,56)31-14-12-30(13-15-31)57-29-9-5-3-6-10-29;2*2-1-3/h14,16-17,22-23,26-29,48,52H,13,15,18-21,24-25,30-43H2,1-12H3,(H,61,74)(H,62,73)(H,68,69);3,5-6,9-10,12-15,32,54H,2,4,7-8,11,16-27,39H2,1H3,(H,40,53)(H,46,47)(H,48,49)(H,50,51);;/t48-,52?;32-;;/m00../s1. The van der Waals surface area contributed by atoms with Gasteiger partial charge in [0.05, 0.1) is 68.2 Å². The minimum Gasteiger partial charge on any atom is -0.480 e. The molecule has 1 unspecified atom stereocenters. The zero-order valence-electron chi connectivity index (χ0n) is 86.3. The van der Waals surface area contributed by atoms with Gasteiger partial charge in [-0.15, -0.1) is 0 Å². The first-order valence-corrected chi connectivity index (χ1v) is 51.5. The van der Waals surface area contributed by atoms with Crippen LogP contribution in [0.5, 0.6) is 23.0 Å². The first-order valence-electron chi connectivity index (χ1n) is 48.6. The minimum atomic E-state index is -4.46. The van der Waals surface area contributed by atoms with E-state index in [1.807, 2.05) is 12.1 Å². The molecule has 3 aliphatic rings. The van der Waals surface area contributed by atoms with E-state index in [0.29, 0.717) is 114 Å². The highest BCUT2D eigenvalue weighted by Crippen LogP contribution is 2.40. The SMILES string of the molecule is CC(C)(C)CN(CCN(CC(=O)O)CC(=O)CCCCC[C@H](NC(=O)OC(C)(C)C)C(=O)N1CCC(C(=O)NOC2CCCCO2)(S(=O)(=O)c2ccc(Oc3ccccc3)cc2)CC1)CCN(CC(=O)OC(C)(C)C)CC(=O)OC(C)(C)C.CN(CCN(CC(=O)O)CC(=O)O)CCN(CC(=O)O)CC(=O)CCCCC[C@H](N)C(=O)N1CCC(C(=O)NO)(S(=O)(=O)c2ccc(Oc3ccccc3)cc2)CC1.O=C=O.O=C=O. The Morgan fingerprint density at radius 1 is 0.456 bits per heavy atom. The number of benzene rings is 4. The lowest BCUT2D eigenvalue weighted by molar-refractivity contribution is -0.202. The lowest BCUT2D eigenvalue weighted by Crippen LogP contribution is -2.60. The highest BCUT2D eigenvalue weighted by molar-refractivity contribution is 7.94. The molecule has 3 saturated heterocycles. The number of carbonyl (C=O) groups excluding carboxylic acids is 13. The van der Waals surface area contributed by atoms with E-state index in [0.717, 1.165) is 12.8 Å². The van der Waals surface area contributed by atoms with Gasteiger partial charge in [-0.25, -0.2) is 37.4 Å². The fourth-order valence-electron chi connectivity index (χ4n) is 16.2. The maximum Gasteiger partial charge on any atom is 0.408 e. The number of Topliss-reactive ketones (excluding diaryl/α,β-unsaturated/α-hetero) is 2. The summed E-state index contributed by atoms with van der Waals surface area (Å²) < 4.78 is 87.0. The number of sulfone groups is 2. The summed E-state index contributed by atoms with van der Waals surface area (Å²) in [6.45, 7) is 22.6. The van der Waals surface area contributed by atoms with Crippen molar-refractivity contribution in [2.75, 3.05) is 151 Å².